The van der Waals surface area contributed by atoms with Crippen molar-refractivity contribution in [1.82, 2.24) is 9.88 Å². The summed E-state index contributed by atoms with van der Waals surface area (Å²) >= 11 is 0. The predicted octanol–water partition coefficient (Wildman–Crippen LogP) is 4.35. The Morgan fingerprint density at radius 1 is 1.11 bits per heavy atom. The number of unbranched alkanes of at least 4 members (excludes halogenated alkanes) is 1. The molecule has 0 radical (unpaired) electrons. The van der Waals surface area contributed by atoms with Gasteiger partial charge in [-0.25, -0.2) is 0 Å². The van der Waals surface area contributed by atoms with Crippen LogP contribution in [0, 0.1) is 0 Å². The summed E-state index contributed by atoms with van der Waals surface area (Å²) in [5, 5.41) is 3.74. The molecule has 0 aromatic carbocycles. The summed E-state index contributed by atoms with van der Waals surface area (Å²) in [5.74, 6) is 0. The minimum atomic E-state index is 0.694. The normalized spacial score (nSPS) is 12.8. The molecule has 1 aromatic rings. The van der Waals surface area contributed by atoms with Gasteiger partial charge in [0.2, 0.25) is 0 Å². The molecule has 0 bridgehead atoms. The Morgan fingerprint density at radius 3 is 2.61 bits per heavy atom. The van der Waals surface area contributed by atoms with Crippen molar-refractivity contribution >= 4 is 0 Å². The van der Waals surface area contributed by atoms with E-state index in [1.165, 1.54) is 44.2 Å². The second kappa shape index (κ2) is 9.21. The van der Waals surface area contributed by atoms with Gasteiger partial charge in [-0.1, -0.05) is 40.0 Å². The SMILES string of the molecule is CCCCC(CCC)NCc1cccn1CCC. The zero-order valence-electron chi connectivity index (χ0n) is 12.4. The first-order valence-electron chi connectivity index (χ1n) is 7.69. The van der Waals surface area contributed by atoms with Crippen molar-refractivity contribution in [2.45, 2.75) is 78.4 Å². The van der Waals surface area contributed by atoms with Gasteiger partial charge in [-0.05, 0) is 31.4 Å². The molecular weight excluding hydrogens is 220 g/mol. The maximum atomic E-state index is 3.74. The van der Waals surface area contributed by atoms with Crippen molar-refractivity contribution in [3.8, 4) is 0 Å². The first kappa shape index (κ1) is 15.3. The van der Waals surface area contributed by atoms with E-state index in [0.29, 0.717) is 6.04 Å². The van der Waals surface area contributed by atoms with Crippen molar-refractivity contribution in [3.63, 3.8) is 0 Å². The van der Waals surface area contributed by atoms with Crippen molar-refractivity contribution in [2.24, 2.45) is 0 Å². The summed E-state index contributed by atoms with van der Waals surface area (Å²) in [6, 6.07) is 5.10. The van der Waals surface area contributed by atoms with Crippen LogP contribution >= 0.6 is 0 Å². The van der Waals surface area contributed by atoms with Crippen molar-refractivity contribution < 1.29 is 0 Å². The summed E-state index contributed by atoms with van der Waals surface area (Å²) in [5.41, 5.74) is 1.43. The van der Waals surface area contributed by atoms with Crippen LogP contribution in [0.5, 0.6) is 0 Å². The topological polar surface area (TPSA) is 17.0 Å². The van der Waals surface area contributed by atoms with E-state index in [0.717, 1.165) is 13.1 Å². The first-order valence-corrected chi connectivity index (χ1v) is 7.69. The lowest BCUT2D eigenvalue weighted by atomic mass is 10.1. The van der Waals surface area contributed by atoms with Crippen LogP contribution in [-0.2, 0) is 13.1 Å². The monoisotopic (exact) mass is 250 g/mol. The van der Waals surface area contributed by atoms with Crippen LogP contribution in [0.25, 0.3) is 0 Å². The molecule has 1 N–H and O–H groups in total. The van der Waals surface area contributed by atoms with E-state index >= 15 is 0 Å². The lowest BCUT2D eigenvalue weighted by Gasteiger charge is -2.18. The number of rotatable bonds is 10. The standard InChI is InChI=1S/C16H30N2/c1-4-7-10-15(9-5-2)17-14-16-11-8-13-18(16)12-6-3/h8,11,13,15,17H,4-7,9-10,12,14H2,1-3H3. The largest absolute Gasteiger partial charge is 0.350 e. The molecular formula is C16H30N2. The summed E-state index contributed by atoms with van der Waals surface area (Å²) in [7, 11) is 0. The Balaban J connectivity index is 2.42. The molecule has 1 heterocycles. The molecule has 1 rings (SSSR count). The van der Waals surface area contributed by atoms with E-state index in [4.69, 9.17) is 0 Å². The zero-order chi connectivity index (χ0) is 13.2. The third-order valence-corrected chi connectivity index (χ3v) is 3.50. The zero-order valence-corrected chi connectivity index (χ0v) is 12.4. The third-order valence-electron chi connectivity index (χ3n) is 3.50. The Labute approximate surface area is 113 Å². The highest BCUT2D eigenvalue weighted by Gasteiger charge is 2.07. The Kier molecular flexibility index (Phi) is 7.83. The summed E-state index contributed by atoms with van der Waals surface area (Å²) < 4.78 is 2.37. The van der Waals surface area contributed by atoms with Gasteiger partial charge in [0, 0.05) is 31.0 Å². The Morgan fingerprint density at radius 2 is 1.94 bits per heavy atom. The molecule has 1 atom stereocenters. The van der Waals surface area contributed by atoms with E-state index in [2.05, 4.69) is 49.0 Å². The van der Waals surface area contributed by atoms with E-state index in [1.807, 2.05) is 0 Å². The van der Waals surface area contributed by atoms with E-state index in [1.54, 1.807) is 0 Å². The average molecular weight is 250 g/mol. The fourth-order valence-electron chi connectivity index (χ4n) is 2.47. The highest BCUT2D eigenvalue weighted by Crippen LogP contribution is 2.09. The van der Waals surface area contributed by atoms with Gasteiger partial charge >= 0.3 is 0 Å². The van der Waals surface area contributed by atoms with Gasteiger partial charge in [-0.15, -0.1) is 0 Å². The maximum absolute atomic E-state index is 3.74. The average Bonchev–Trinajstić information content (AvgIpc) is 2.81. The van der Waals surface area contributed by atoms with Gasteiger partial charge < -0.3 is 9.88 Å². The van der Waals surface area contributed by atoms with Gasteiger partial charge in [0.1, 0.15) is 0 Å². The van der Waals surface area contributed by atoms with Gasteiger partial charge in [-0.2, -0.15) is 0 Å². The summed E-state index contributed by atoms with van der Waals surface area (Å²) in [6.45, 7) is 8.94. The number of nitrogens with one attached hydrogen (secondary N) is 1. The molecule has 2 nitrogen and oxygen atoms in total. The van der Waals surface area contributed by atoms with Crippen molar-refractivity contribution in [2.75, 3.05) is 0 Å². The van der Waals surface area contributed by atoms with Crippen LogP contribution in [0.4, 0.5) is 0 Å². The first-order chi connectivity index (χ1) is 8.81. The molecule has 0 amide bonds. The Hall–Kier alpha value is -0.760. The highest BCUT2D eigenvalue weighted by molar-refractivity contribution is 5.07. The smallest absolute Gasteiger partial charge is 0.0361 e. The second-order valence-corrected chi connectivity index (χ2v) is 5.20. The molecule has 0 saturated carbocycles. The van der Waals surface area contributed by atoms with Crippen LogP contribution in [0.3, 0.4) is 0 Å². The predicted molar refractivity (Wildman–Crippen MR) is 79.8 cm³/mol. The molecule has 1 unspecified atom stereocenters. The lowest BCUT2D eigenvalue weighted by Crippen LogP contribution is -2.29. The fraction of sp³-hybridized carbons (Fsp3) is 0.750. The van der Waals surface area contributed by atoms with E-state index < -0.39 is 0 Å². The number of aromatic nitrogens is 1. The van der Waals surface area contributed by atoms with E-state index in [-0.39, 0.29) is 0 Å². The number of nitrogens with zero attached hydrogens (tertiary/aromatic N) is 1. The fourth-order valence-corrected chi connectivity index (χ4v) is 2.47. The van der Waals surface area contributed by atoms with Crippen molar-refractivity contribution in [1.29, 1.82) is 0 Å². The van der Waals surface area contributed by atoms with Crippen LogP contribution in [0.1, 0.15) is 65.0 Å². The molecule has 18 heavy (non-hydrogen) atoms. The molecule has 0 aliphatic carbocycles. The number of aryl methyl sites for hydroxylation is 1. The minimum absolute atomic E-state index is 0.694. The van der Waals surface area contributed by atoms with Crippen molar-refractivity contribution in [3.05, 3.63) is 24.0 Å². The second-order valence-electron chi connectivity index (χ2n) is 5.20. The third kappa shape index (κ3) is 5.26. The molecule has 1 aromatic heterocycles. The molecule has 2 heteroatoms. The highest BCUT2D eigenvalue weighted by atomic mass is 15.0. The quantitative estimate of drug-likeness (QED) is 0.653. The molecule has 0 fully saturated rings. The molecule has 0 aliphatic heterocycles. The summed E-state index contributed by atoms with van der Waals surface area (Å²) in [6.07, 6.45) is 9.93. The minimum Gasteiger partial charge on any atom is -0.350 e. The molecule has 0 saturated heterocycles. The van der Waals surface area contributed by atoms with Crippen LogP contribution in [0.15, 0.2) is 18.3 Å². The van der Waals surface area contributed by atoms with E-state index in [9.17, 15) is 0 Å². The van der Waals surface area contributed by atoms with Crippen LogP contribution in [-0.4, -0.2) is 10.6 Å². The van der Waals surface area contributed by atoms with Gasteiger partial charge in [0.05, 0.1) is 0 Å². The van der Waals surface area contributed by atoms with Gasteiger partial charge in [0.25, 0.3) is 0 Å². The molecule has 0 aliphatic rings. The Bertz CT molecular complexity index is 304. The van der Waals surface area contributed by atoms with Gasteiger partial charge in [0.15, 0.2) is 0 Å². The molecule has 0 spiro atoms. The number of hydrogen-bond donors (Lipinski definition) is 1. The maximum Gasteiger partial charge on any atom is 0.0361 e. The summed E-state index contributed by atoms with van der Waals surface area (Å²) in [4.78, 5) is 0. The number of hydrogen-bond acceptors (Lipinski definition) is 1. The van der Waals surface area contributed by atoms with Crippen LogP contribution in [0.2, 0.25) is 0 Å². The molecule has 104 valence electrons. The van der Waals surface area contributed by atoms with Gasteiger partial charge in [-0.3, -0.25) is 0 Å². The lowest BCUT2D eigenvalue weighted by molar-refractivity contribution is 0.426. The van der Waals surface area contributed by atoms with Crippen LogP contribution < -0.4 is 5.32 Å².